The zero-order valence-electron chi connectivity index (χ0n) is 15.8. The number of hydrogen-bond donors (Lipinski definition) is 2. The molecule has 0 spiro atoms. The lowest BCUT2D eigenvalue weighted by Crippen LogP contribution is -2.30. The van der Waals surface area contributed by atoms with E-state index in [0.717, 1.165) is 38.4 Å². The number of hydrogen-bond acceptors (Lipinski definition) is 2. The van der Waals surface area contributed by atoms with Gasteiger partial charge in [0.1, 0.15) is 0 Å². The van der Waals surface area contributed by atoms with Crippen LogP contribution in [0.4, 0.5) is 0 Å². The molecule has 0 amide bonds. The maximum atomic E-state index is 9.78. The monoisotopic (exact) mass is 364 g/mol. The quantitative estimate of drug-likeness (QED) is 0.500. The van der Waals surface area contributed by atoms with E-state index in [9.17, 15) is 10.0 Å². The number of rotatable bonds is 4. The van der Waals surface area contributed by atoms with Crippen LogP contribution >= 0.6 is 0 Å². The second kappa shape index (κ2) is 7.47. The van der Waals surface area contributed by atoms with Crippen LogP contribution in [-0.2, 0) is 0 Å². The summed E-state index contributed by atoms with van der Waals surface area (Å²) in [6.07, 6.45) is 6.06. The number of fused-ring (bicyclic) bond motifs is 2. The van der Waals surface area contributed by atoms with Gasteiger partial charge in [-0.3, -0.25) is 0 Å². The van der Waals surface area contributed by atoms with Gasteiger partial charge in [0.15, 0.2) is 0 Å². The van der Waals surface area contributed by atoms with Crippen LogP contribution in [0.25, 0.3) is 44.8 Å². The summed E-state index contributed by atoms with van der Waals surface area (Å²) < 4.78 is 0. The van der Waals surface area contributed by atoms with Gasteiger partial charge in [0.25, 0.3) is 0 Å². The predicted octanol–water partition coefficient (Wildman–Crippen LogP) is 5.02. The first-order chi connectivity index (χ1) is 13.7. The van der Waals surface area contributed by atoms with Crippen LogP contribution < -0.4 is 5.46 Å². The maximum Gasteiger partial charge on any atom is 0.489 e. The molecule has 0 aliphatic rings. The Labute approximate surface area is 165 Å². The fraction of sp³-hybridized carbons (Fsp3) is 0.0400. The SMILES string of the molecule is C=Cc1c(/C=C\C)c(-c2ccc(B(O)O)c3ccccc23)cc2ccccc12. The summed E-state index contributed by atoms with van der Waals surface area (Å²) >= 11 is 0. The lowest BCUT2D eigenvalue weighted by atomic mass is 9.75. The summed E-state index contributed by atoms with van der Waals surface area (Å²) in [6.45, 7) is 6.07. The molecule has 0 saturated heterocycles. The first kappa shape index (κ1) is 18.2. The van der Waals surface area contributed by atoms with Crippen LogP contribution in [0.1, 0.15) is 18.1 Å². The highest BCUT2D eigenvalue weighted by Gasteiger charge is 2.18. The Morgan fingerprint density at radius 2 is 1.46 bits per heavy atom. The van der Waals surface area contributed by atoms with Gasteiger partial charge in [0.2, 0.25) is 0 Å². The molecule has 136 valence electrons. The normalized spacial score (nSPS) is 11.4. The van der Waals surface area contributed by atoms with Gasteiger partial charge in [-0.1, -0.05) is 85.5 Å². The fourth-order valence-electron chi connectivity index (χ4n) is 3.96. The van der Waals surface area contributed by atoms with Gasteiger partial charge in [-0.2, -0.15) is 0 Å². The molecule has 0 unspecified atom stereocenters. The van der Waals surface area contributed by atoms with Gasteiger partial charge < -0.3 is 10.0 Å². The Bertz CT molecular complexity index is 1220. The van der Waals surface area contributed by atoms with E-state index >= 15 is 0 Å². The van der Waals surface area contributed by atoms with E-state index in [1.807, 2.05) is 61.5 Å². The third kappa shape index (κ3) is 2.95. The Morgan fingerprint density at radius 1 is 0.786 bits per heavy atom. The van der Waals surface area contributed by atoms with E-state index < -0.39 is 7.12 Å². The van der Waals surface area contributed by atoms with Gasteiger partial charge in [0, 0.05) is 0 Å². The number of allylic oxidation sites excluding steroid dienone is 1. The molecule has 0 saturated carbocycles. The maximum absolute atomic E-state index is 9.78. The molecule has 4 aromatic rings. The Morgan fingerprint density at radius 3 is 2.14 bits per heavy atom. The standard InChI is InChI=1S/C25H21BO2/c1-3-9-20-18(4-2)19-11-6-5-10-17(19)16-24(20)22-14-15-25(26(27)28)23-13-8-7-12-21(22)23/h3-16,27-28H,2H2,1H3/b9-3-. The second-order valence-corrected chi connectivity index (χ2v) is 6.80. The summed E-state index contributed by atoms with van der Waals surface area (Å²) in [6, 6.07) is 22.1. The smallest absolute Gasteiger partial charge is 0.423 e. The van der Waals surface area contributed by atoms with Gasteiger partial charge in [-0.15, -0.1) is 0 Å². The van der Waals surface area contributed by atoms with Gasteiger partial charge in [-0.05, 0) is 62.3 Å². The predicted molar refractivity (Wildman–Crippen MR) is 122 cm³/mol. The average molecular weight is 364 g/mol. The van der Waals surface area contributed by atoms with Crippen molar-refractivity contribution in [3.63, 3.8) is 0 Å². The van der Waals surface area contributed by atoms with Gasteiger partial charge >= 0.3 is 7.12 Å². The summed E-state index contributed by atoms with van der Waals surface area (Å²) in [5, 5.41) is 23.7. The lowest BCUT2D eigenvalue weighted by molar-refractivity contribution is 0.426. The highest BCUT2D eigenvalue weighted by atomic mass is 16.4. The number of benzene rings is 4. The lowest BCUT2D eigenvalue weighted by Gasteiger charge is -2.17. The molecular formula is C25H21BO2. The fourth-order valence-corrected chi connectivity index (χ4v) is 3.96. The first-order valence-electron chi connectivity index (χ1n) is 9.34. The van der Waals surface area contributed by atoms with Crippen LogP contribution in [0.2, 0.25) is 0 Å². The Hall–Kier alpha value is -3.14. The molecular weight excluding hydrogens is 343 g/mol. The molecule has 0 heterocycles. The zero-order valence-corrected chi connectivity index (χ0v) is 15.8. The molecule has 4 rings (SSSR count). The van der Waals surface area contributed by atoms with Crippen molar-refractivity contribution in [2.24, 2.45) is 0 Å². The van der Waals surface area contributed by atoms with Crippen LogP contribution in [0, 0.1) is 0 Å². The van der Waals surface area contributed by atoms with E-state index in [1.54, 1.807) is 6.07 Å². The van der Waals surface area contributed by atoms with Crippen molar-refractivity contribution in [2.45, 2.75) is 6.92 Å². The van der Waals surface area contributed by atoms with E-state index in [0.29, 0.717) is 5.46 Å². The van der Waals surface area contributed by atoms with Crippen LogP contribution in [0.5, 0.6) is 0 Å². The molecule has 0 atom stereocenters. The molecule has 4 aromatic carbocycles. The summed E-state index contributed by atoms with van der Waals surface area (Å²) in [5.74, 6) is 0. The third-order valence-electron chi connectivity index (χ3n) is 5.19. The molecule has 0 aliphatic heterocycles. The van der Waals surface area contributed by atoms with Crippen molar-refractivity contribution >= 4 is 46.3 Å². The molecule has 2 N–H and O–H groups in total. The van der Waals surface area contributed by atoms with Crippen LogP contribution in [0.3, 0.4) is 0 Å². The summed E-state index contributed by atoms with van der Waals surface area (Å²) in [5.41, 5.74) is 4.88. The van der Waals surface area contributed by atoms with Crippen molar-refractivity contribution in [1.82, 2.24) is 0 Å². The van der Waals surface area contributed by atoms with Crippen molar-refractivity contribution < 1.29 is 10.0 Å². The molecule has 3 heteroatoms. The first-order valence-corrected chi connectivity index (χ1v) is 9.34. The van der Waals surface area contributed by atoms with Crippen molar-refractivity contribution in [3.8, 4) is 11.1 Å². The minimum atomic E-state index is -1.51. The molecule has 28 heavy (non-hydrogen) atoms. The minimum Gasteiger partial charge on any atom is -0.423 e. The molecule has 2 nitrogen and oxygen atoms in total. The van der Waals surface area contributed by atoms with E-state index in [-0.39, 0.29) is 0 Å². The molecule has 0 bridgehead atoms. The molecule has 0 aromatic heterocycles. The van der Waals surface area contributed by atoms with Crippen molar-refractivity contribution in [1.29, 1.82) is 0 Å². The van der Waals surface area contributed by atoms with Gasteiger partial charge in [0.05, 0.1) is 0 Å². The van der Waals surface area contributed by atoms with E-state index in [2.05, 4.69) is 30.9 Å². The average Bonchev–Trinajstić information content (AvgIpc) is 2.72. The van der Waals surface area contributed by atoms with E-state index in [4.69, 9.17) is 0 Å². The molecule has 0 fully saturated rings. The summed E-state index contributed by atoms with van der Waals surface area (Å²) in [4.78, 5) is 0. The molecule has 0 radical (unpaired) electrons. The topological polar surface area (TPSA) is 40.5 Å². The van der Waals surface area contributed by atoms with E-state index in [1.165, 1.54) is 5.39 Å². The Balaban J connectivity index is 2.14. The molecule has 0 aliphatic carbocycles. The second-order valence-electron chi connectivity index (χ2n) is 6.80. The summed E-state index contributed by atoms with van der Waals surface area (Å²) in [7, 11) is -1.51. The highest BCUT2D eigenvalue weighted by Crippen LogP contribution is 2.37. The third-order valence-corrected chi connectivity index (χ3v) is 5.19. The van der Waals surface area contributed by atoms with Gasteiger partial charge in [-0.25, -0.2) is 0 Å². The van der Waals surface area contributed by atoms with Crippen LogP contribution in [0.15, 0.2) is 79.4 Å². The van der Waals surface area contributed by atoms with Crippen LogP contribution in [-0.4, -0.2) is 17.2 Å². The van der Waals surface area contributed by atoms with Crippen molar-refractivity contribution in [3.05, 3.63) is 90.5 Å². The van der Waals surface area contributed by atoms with Crippen molar-refractivity contribution in [2.75, 3.05) is 0 Å². The largest absolute Gasteiger partial charge is 0.489 e. The minimum absolute atomic E-state index is 0.511. The zero-order chi connectivity index (χ0) is 19.7. The Kier molecular flexibility index (Phi) is 4.87. The highest BCUT2D eigenvalue weighted by molar-refractivity contribution is 6.62.